The first-order chi connectivity index (χ1) is 0. The Bertz CT molecular complexity index is 8.00. The maximum Gasteiger partial charge on any atom is 0 e. The first kappa shape index (κ1) is 39.8. The van der Waals surface area contributed by atoms with Gasteiger partial charge in [0.1, 0.15) is 0 Å². The summed E-state index contributed by atoms with van der Waals surface area (Å²) in [5.74, 6) is 0. The first-order valence-electron chi connectivity index (χ1n) is 0. The van der Waals surface area contributed by atoms with Crippen molar-refractivity contribution >= 4 is 0 Å². The van der Waals surface area contributed by atoms with Crippen molar-refractivity contribution in [3.05, 3.63) is 7.43 Å². The Morgan fingerprint density at radius 3 is 1.00 bits per heavy atom. The number of hydrogen-bond donors (Lipinski definition) is 0. The Morgan fingerprint density at radius 2 is 1.00 bits per heavy atom. The van der Waals surface area contributed by atoms with Crippen LogP contribution in [0.2, 0.25) is 0 Å². The van der Waals surface area contributed by atoms with Gasteiger partial charge >= 0.3 is 0 Å². The average molecular weight is 369 g/mol. The predicted octanol–water partition coefficient (Wildman–Crippen LogP) is 0.0738. The summed E-state index contributed by atoms with van der Waals surface area (Å²) >= 11 is 0. The van der Waals surface area contributed by atoms with E-state index in [4.69, 9.17) is 0 Å². The second kappa shape index (κ2) is 20.9. The first-order valence-corrected chi connectivity index (χ1v) is 0. The zero-order valence-corrected chi connectivity index (χ0v) is 6.42. The standard InChI is InChI=1S/C.Fe.Pd.Pt. The Morgan fingerprint density at radius 1 is 1.00 bits per heavy atom. The molecule has 3 heteroatoms. The minimum Gasteiger partial charge on any atom is 0 e. The zero-order valence-electron chi connectivity index (χ0n) is 1.49. The minimum atomic E-state index is 0. The van der Waals surface area contributed by atoms with Crippen LogP contribution in [0.4, 0.5) is 0 Å². The molecule has 0 aromatic heterocycles. The van der Waals surface area contributed by atoms with Crippen LogP contribution in [0.15, 0.2) is 0 Å². The molecule has 32 valence electrons. The topological polar surface area (TPSA) is 0 Å². The van der Waals surface area contributed by atoms with Crippen LogP contribution in [0, 0.1) is 7.43 Å². The quantitative estimate of drug-likeness (QED) is 0.531. The van der Waals surface area contributed by atoms with Crippen molar-refractivity contribution < 1.29 is 58.6 Å². The van der Waals surface area contributed by atoms with Crippen LogP contribution in [0.3, 0.4) is 0 Å². The molecule has 0 amide bonds. The third kappa shape index (κ3) is 9.12. The molecule has 0 saturated carbocycles. The molecule has 0 bridgehead atoms. The third-order valence-electron chi connectivity index (χ3n) is 0. The van der Waals surface area contributed by atoms with Crippen LogP contribution in [0.1, 0.15) is 0 Å². The van der Waals surface area contributed by atoms with Gasteiger partial charge < -0.3 is 0 Å². The molecule has 0 aromatic rings. The summed E-state index contributed by atoms with van der Waals surface area (Å²) in [6.45, 7) is 0. The van der Waals surface area contributed by atoms with Gasteiger partial charge in [-0.25, -0.2) is 0 Å². The van der Waals surface area contributed by atoms with Gasteiger partial charge in [0.15, 0.2) is 0 Å². The molecule has 0 unspecified atom stereocenters. The molecule has 0 aliphatic heterocycles. The molecule has 0 spiro atoms. The van der Waals surface area contributed by atoms with Crippen molar-refractivity contribution in [1.29, 1.82) is 0 Å². The molecule has 0 rings (SSSR count). The average Bonchev–Trinajstić information content (AvgIpc) is 0. The van der Waals surface area contributed by atoms with E-state index in [1.165, 1.54) is 0 Å². The number of rotatable bonds is 0. The molecule has 0 heterocycles. The Balaban J connectivity index is 0. The molecular weight excluding hydrogens is 369 g/mol. The van der Waals surface area contributed by atoms with E-state index in [2.05, 4.69) is 0 Å². The van der Waals surface area contributed by atoms with Crippen LogP contribution in [-0.4, -0.2) is 0 Å². The molecule has 0 aliphatic rings. The zero-order chi connectivity index (χ0) is 0. The summed E-state index contributed by atoms with van der Waals surface area (Å²) in [5, 5.41) is 0. The molecular formula is CFePdPt. The van der Waals surface area contributed by atoms with Crippen molar-refractivity contribution in [3.63, 3.8) is 0 Å². The molecule has 4 heavy (non-hydrogen) atoms. The fourth-order valence-electron chi connectivity index (χ4n) is 0. The normalized spacial score (nSPS) is 0. The Hall–Kier alpha value is 1.87. The summed E-state index contributed by atoms with van der Waals surface area (Å²) in [4.78, 5) is 0. The molecule has 0 nitrogen and oxygen atoms in total. The van der Waals surface area contributed by atoms with E-state index in [0.29, 0.717) is 0 Å². The van der Waals surface area contributed by atoms with Gasteiger partial charge in [0, 0.05) is 66.0 Å². The minimum absolute atomic E-state index is 0. The van der Waals surface area contributed by atoms with E-state index in [9.17, 15) is 0 Å². The van der Waals surface area contributed by atoms with Crippen molar-refractivity contribution in [3.8, 4) is 0 Å². The van der Waals surface area contributed by atoms with Crippen LogP contribution in [0.5, 0.6) is 0 Å². The predicted molar refractivity (Wildman–Crippen MR) is 3.24 cm³/mol. The van der Waals surface area contributed by atoms with Crippen molar-refractivity contribution in [2.45, 2.75) is 0 Å². The van der Waals surface area contributed by atoms with E-state index < -0.39 is 0 Å². The molecule has 4 radical (unpaired) electrons. The Labute approximate surface area is 65.5 Å². The van der Waals surface area contributed by atoms with E-state index >= 15 is 0 Å². The van der Waals surface area contributed by atoms with Crippen LogP contribution in [0.25, 0.3) is 0 Å². The largest absolute Gasteiger partial charge is 0 e. The second-order valence-corrected chi connectivity index (χ2v) is 0. The summed E-state index contributed by atoms with van der Waals surface area (Å²) < 4.78 is 0. The van der Waals surface area contributed by atoms with E-state index in [1.54, 1.807) is 0 Å². The summed E-state index contributed by atoms with van der Waals surface area (Å²) in [7, 11) is 0. The SMILES string of the molecule is [C].[Fe].[Pd].[Pt]. The van der Waals surface area contributed by atoms with Gasteiger partial charge in [-0.15, -0.1) is 0 Å². The fraction of sp³-hybridized carbons (Fsp3) is 0. The van der Waals surface area contributed by atoms with Gasteiger partial charge in [0.2, 0.25) is 0 Å². The van der Waals surface area contributed by atoms with Gasteiger partial charge in [0.25, 0.3) is 0 Å². The van der Waals surface area contributed by atoms with Gasteiger partial charge in [-0.1, -0.05) is 0 Å². The van der Waals surface area contributed by atoms with Crippen molar-refractivity contribution in [1.82, 2.24) is 0 Å². The summed E-state index contributed by atoms with van der Waals surface area (Å²) in [6.07, 6.45) is 0. The maximum absolute atomic E-state index is 0. The van der Waals surface area contributed by atoms with Gasteiger partial charge in [0.05, 0.1) is 0 Å². The molecule has 0 atom stereocenters. The third-order valence-corrected chi connectivity index (χ3v) is 0. The van der Waals surface area contributed by atoms with Crippen LogP contribution in [-0.2, 0) is 58.6 Å². The van der Waals surface area contributed by atoms with Crippen molar-refractivity contribution in [2.75, 3.05) is 0 Å². The smallest absolute Gasteiger partial charge is 0 e. The molecule has 0 aliphatic carbocycles. The van der Waals surface area contributed by atoms with Gasteiger partial charge in [-0.05, 0) is 0 Å². The second-order valence-electron chi connectivity index (χ2n) is 0. The monoisotopic (exact) mass is 369 g/mol. The molecule has 0 fully saturated rings. The van der Waals surface area contributed by atoms with E-state index in [1.807, 2.05) is 0 Å². The van der Waals surface area contributed by atoms with Gasteiger partial charge in [-0.3, -0.25) is 0 Å². The summed E-state index contributed by atoms with van der Waals surface area (Å²) in [6, 6.07) is 0. The molecule has 0 N–H and O–H groups in total. The molecule has 0 aromatic carbocycles. The van der Waals surface area contributed by atoms with Crippen LogP contribution >= 0.6 is 0 Å². The fourth-order valence-corrected chi connectivity index (χ4v) is 0. The summed E-state index contributed by atoms with van der Waals surface area (Å²) in [5.41, 5.74) is 0. The molecule has 0 saturated heterocycles. The van der Waals surface area contributed by atoms with Crippen LogP contribution < -0.4 is 0 Å². The number of hydrogen-bond acceptors (Lipinski definition) is 0. The van der Waals surface area contributed by atoms with Gasteiger partial charge in [-0.2, -0.15) is 0 Å². The maximum atomic E-state index is 0. The van der Waals surface area contributed by atoms with Crippen molar-refractivity contribution in [2.24, 2.45) is 0 Å². The van der Waals surface area contributed by atoms with E-state index in [-0.39, 0.29) is 66.0 Å². The Kier molecular flexibility index (Phi) is 208. The van der Waals surface area contributed by atoms with E-state index in [0.717, 1.165) is 0 Å².